The molecule has 2 aromatic rings. The van der Waals surface area contributed by atoms with Crippen LogP contribution in [0.5, 0.6) is 5.75 Å². The van der Waals surface area contributed by atoms with Crippen LogP contribution in [0.1, 0.15) is 13.3 Å². The Bertz CT molecular complexity index is 555. The number of guanidine groups is 1. The summed E-state index contributed by atoms with van der Waals surface area (Å²) in [5.41, 5.74) is 0. The average molecular weight is 316 g/mol. The van der Waals surface area contributed by atoms with Crippen LogP contribution in [0.25, 0.3) is 0 Å². The second kappa shape index (κ2) is 10.2. The number of rotatable bonds is 9. The largest absolute Gasteiger partial charge is 0.490 e. The lowest BCUT2D eigenvalue weighted by atomic mass is 10.4. The van der Waals surface area contributed by atoms with E-state index in [1.54, 1.807) is 18.6 Å². The molecule has 0 bridgehead atoms. The van der Waals surface area contributed by atoms with Gasteiger partial charge in [0.05, 0.1) is 12.7 Å². The van der Waals surface area contributed by atoms with E-state index in [0.717, 1.165) is 37.8 Å². The highest BCUT2D eigenvalue weighted by molar-refractivity contribution is 5.79. The smallest absolute Gasteiger partial charge is 0.191 e. The second-order valence-electron chi connectivity index (χ2n) is 4.85. The van der Waals surface area contributed by atoms with Crippen molar-refractivity contribution in [3.63, 3.8) is 0 Å². The van der Waals surface area contributed by atoms with Gasteiger partial charge >= 0.3 is 0 Å². The number of ether oxygens (including phenoxy) is 1. The molecule has 0 aliphatic heterocycles. The van der Waals surface area contributed by atoms with E-state index in [0.29, 0.717) is 13.2 Å². The van der Waals surface area contributed by atoms with Crippen molar-refractivity contribution in [3.8, 4) is 5.75 Å². The molecule has 7 heteroatoms. The quantitative estimate of drug-likeness (QED) is 0.414. The van der Waals surface area contributed by atoms with Crippen LogP contribution in [-0.4, -0.2) is 47.0 Å². The van der Waals surface area contributed by atoms with Crippen LogP contribution in [0.4, 0.5) is 0 Å². The predicted octanol–water partition coefficient (Wildman–Crippen LogP) is 1.30. The minimum absolute atomic E-state index is 0.559. The van der Waals surface area contributed by atoms with Gasteiger partial charge in [-0.1, -0.05) is 0 Å². The molecule has 0 aliphatic carbocycles. The lowest BCUT2D eigenvalue weighted by Crippen LogP contribution is -2.39. The summed E-state index contributed by atoms with van der Waals surface area (Å²) in [7, 11) is 0. The Morgan fingerprint density at radius 3 is 3.00 bits per heavy atom. The number of aryl methyl sites for hydroxylation is 1. The summed E-state index contributed by atoms with van der Waals surface area (Å²) in [6.07, 6.45) is 8.13. The molecule has 0 atom stereocenters. The summed E-state index contributed by atoms with van der Waals surface area (Å²) in [6, 6.07) is 5.67. The molecule has 0 saturated heterocycles. The van der Waals surface area contributed by atoms with E-state index in [1.165, 1.54) is 0 Å². The van der Waals surface area contributed by atoms with Crippen molar-refractivity contribution >= 4 is 5.96 Å². The maximum Gasteiger partial charge on any atom is 0.191 e. The lowest BCUT2D eigenvalue weighted by Gasteiger charge is -2.12. The molecule has 23 heavy (non-hydrogen) atoms. The Kier molecular flexibility index (Phi) is 7.45. The summed E-state index contributed by atoms with van der Waals surface area (Å²) in [6.45, 7) is 5.74. The Morgan fingerprint density at radius 2 is 2.26 bits per heavy atom. The maximum absolute atomic E-state index is 5.59. The fraction of sp³-hybridized carbons (Fsp3) is 0.438. The van der Waals surface area contributed by atoms with Crippen LogP contribution < -0.4 is 15.4 Å². The normalized spacial score (nSPS) is 11.3. The van der Waals surface area contributed by atoms with Gasteiger partial charge in [0, 0.05) is 38.2 Å². The van der Waals surface area contributed by atoms with E-state index in [9.17, 15) is 0 Å². The standard InChI is InChI=1S/C16H24N6O/c1-2-18-16(19-8-4-11-22-12-5-9-21-22)20-10-13-23-15-6-3-7-17-14-15/h3,5-7,9,12,14H,2,4,8,10-11,13H2,1H3,(H2,18,19,20). The number of pyridine rings is 1. The van der Waals surface area contributed by atoms with Gasteiger partial charge in [-0.15, -0.1) is 0 Å². The molecule has 0 saturated carbocycles. The molecule has 0 spiro atoms. The zero-order valence-electron chi connectivity index (χ0n) is 13.5. The van der Waals surface area contributed by atoms with E-state index >= 15 is 0 Å². The van der Waals surface area contributed by atoms with Crippen LogP contribution in [0.3, 0.4) is 0 Å². The van der Waals surface area contributed by atoms with Crippen LogP contribution in [0.15, 0.2) is 48.0 Å². The van der Waals surface area contributed by atoms with Crippen molar-refractivity contribution in [1.29, 1.82) is 0 Å². The number of nitrogens with one attached hydrogen (secondary N) is 2. The highest BCUT2D eigenvalue weighted by Crippen LogP contribution is 2.04. The Morgan fingerprint density at radius 1 is 1.30 bits per heavy atom. The topological polar surface area (TPSA) is 76.4 Å². The van der Waals surface area contributed by atoms with Crippen LogP contribution in [-0.2, 0) is 6.54 Å². The first kappa shape index (κ1) is 16.8. The van der Waals surface area contributed by atoms with Crippen LogP contribution >= 0.6 is 0 Å². The van der Waals surface area contributed by atoms with Gasteiger partial charge in [0.2, 0.25) is 0 Å². The number of hydrogen-bond acceptors (Lipinski definition) is 4. The van der Waals surface area contributed by atoms with E-state index in [2.05, 4.69) is 25.7 Å². The highest BCUT2D eigenvalue weighted by Gasteiger charge is 1.98. The molecular formula is C16H24N6O. The number of aliphatic imine (C=N–C) groups is 1. The SMILES string of the molecule is CCNC(=NCCCn1cccn1)NCCOc1cccnc1. The molecule has 0 aliphatic rings. The van der Waals surface area contributed by atoms with Gasteiger partial charge < -0.3 is 15.4 Å². The fourth-order valence-corrected chi connectivity index (χ4v) is 1.97. The Hall–Kier alpha value is -2.57. The molecule has 0 fully saturated rings. The van der Waals surface area contributed by atoms with E-state index in [-0.39, 0.29) is 0 Å². The first-order chi connectivity index (χ1) is 11.4. The van der Waals surface area contributed by atoms with Gasteiger partial charge in [-0.3, -0.25) is 14.7 Å². The zero-order chi connectivity index (χ0) is 16.2. The summed E-state index contributed by atoms with van der Waals surface area (Å²) >= 11 is 0. The lowest BCUT2D eigenvalue weighted by molar-refractivity contribution is 0.320. The fourth-order valence-electron chi connectivity index (χ4n) is 1.97. The van der Waals surface area contributed by atoms with Crippen molar-refractivity contribution in [2.24, 2.45) is 4.99 Å². The molecule has 0 radical (unpaired) electrons. The first-order valence-corrected chi connectivity index (χ1v) is 7.91. The molecular weight excluding hydrogens is 292 g/mol. The number of nitrogens with zero attached hydrogens (tertiary/aromatic N) is 4. The van der Waals surface area contributed by atoms with Crippen molar-refractivity contribution in [3.05, 3.63) is 43.0 Å². The van der Waals surface area contributed by atoms with E-state index in [4.69, 9.17) is 4.74 Å². The van der Waals surface area contributed by atoms with Crippen LogP contribution in [0.2, 0.25) is 0 Å². The molecule has 2 N–H and O–H groups in total. The third kappa shape index (κ3) is 6.82. The monoisotopic (exact) mass is 316 g/mol. The van der Waals surface area contributed by atoms with Gasteiger partial charge in [0.1, 0.15) is 12.4 Å². The van der Waals surface area contributed by atoms with E-state index < -0.39 is 0 Å². The van der Waals surface area contributed by atoms with Crippen molar-refractivity contribution in [2.75, 3.05) is 26.2 Å². The molecule has 2 heterocycles. The minimum atomic E-state index is 0.559. The Balaban J connectivity index is 1.64. The summed E-state index contributed by atoms with van der Waals surface area (Å²) in [5, 5.41) is 10.7. The minimum Gasteiger partial charge on any atom is -0.490 e. The van der Waals surface area contributed by atoms with Gasteiger partial charge in [0.25, 0.3) is 0 Å². The van der Waals surface area contributed by atoms with Gasteiger partial charge in [-0.05, 0) is 31.5 Å². The molecule has 0 aromatic carbocycles. The predicted molar refractivity (Wildman–Crippen MR) is 90.6 cm³/mol. The highest BCUT2D eigenvalue weighted by atomic mass is 16.5. The zero-order valence-corrected chi connectivity index (χ0v) is 13.5. The van der Waals surface area contributed by atoms with Crippen molar-refractivity contribution < 1.29 is 4.74 Å². The van der Waals surface area contributed by atoms with Crippen molar-refractivity contribution in [1.82, 2.24) is 25.4 Å². The second-order valence-corrected chi connectivity index (χ2v) is 4.85. The molecule has 0 unspecified atom stereocenters. The molecule has 7 nitrogen and oxygen atoms in total. The molecule has 0 amide bonds. The molecule has 124 valence electrons. The molecule has 2 rings (SSSR count). The van der Waals surface area contributed by atoms with E-state index in [1.807, 2.05) is 36.0 Å². The van der Waals surface area contributed by atoms with Gasteiger partial charge in [0.15, 0.2) is 5.96 Å². The maximum atomic E-state index is 5.59. The third-order valence-corrected chi connectivity index (χ3v) is 3.02. The first-order valence-electron chi connectivity index (χ1n) is 7.91. The van der Waals surface area contributed by atoms with Crippen molar-refractivity contribution in [2.45, 2.75) is 19.9 Å². The molecule has 2 aromatic heterocycles. The average Bonchev–Trinajstić information content (AvgIpc) is 3.10. The summed E-state index contributed by atoms with van der Waals surface area (Å²) in [5.74, 6) is 1.58. The summed E-state index contributed by atoms with van der Waals surface area (Å²) in [4.78, 5) is 8.55. The van der Waals surface area contributed by atoms with Crippen LogP contribution in [0, 0.1) is 0 Å². The Labute approximate surface area is 136 Å². The third-order valence-electron chi connectivity index (χ3n) is 3.02. The van der Waals surface area contributed by atoms with Gasteiger partial charge in [-0.25, -0.2) is 0 Å². The van der Waals surface area contributed by atoms with Gasteiger partial charge in [-0.2, -0.15) is 5.10 Å². The number of hydrogen-bond donors (Lipinski definition) is 2. The number of aromatic nitrogens is 3. The summed E-state index contributed by atoms with van der Waals surface area (Å²) < 4.78 is 7.50.